The van der Waals surface area contributed by atoms with Crippen LogP contribution in [0.4, 0.5) is 8.78 Å². The van der Waals surface area contributed by atoms with Gasteiger partial charge in [0.2, 0.25) is 0 Å². The first-order valence-electron chi connectivity index (χ1n) is 10.8. The predicted molar refractivity (Wildman–Crippen MR) is 129 cm³/mol. The third-order valence-corrected chi connectivity index (χ3v) is 5.35. The lowest BCUT2D eigenvalue weighted by Gasteiger charge is -2.30. The van der Waals surface area contributed by atoms with Crippen molar-refractivity contribution in [2.75, 3.05) is 6.61 Å². The van der Waals surface area contributed by atoms with Gasteiger partial charge in [-0.05, 0) is 47.4 Å². The normalized spacial score (nSPS) is 13.3. The monoisotopic (exact) mass is 426 g/mol. The Morgan fingerprint density at radius 1 is 0.968 bits per heavy atom. The summed E-state index contributed by atoms with van der Waals surface area (Å²) in [6, 6.07) is 12.3. The van der Waals surface area contributed by atoms with Crippen LogP contribution in [0.25, 0.3) is 17.2 Å². The molecule has 2 rings (SSSR count). The first-order chi connectivity index (χ1) is 14.3. The Labute approximate surface area is 186 Å². The number of hydrogen-bond donors (Lipinski definition) is 0. The summed E-state index contributed by atoms with van der Waals surface area (Å²) in [6.07, 6.45) is 3.66. The van der Waals surface area contributed by atoms with Gasteiger partial charge in [0, 0.05) is 11.1 Å². The van der Waals surface area contributed by atoms with E-state index in [1.54, 1.807) is 0 Å². The molecule has 0 radical (unpaired) electrons. The number of halogens is 2. The zero-order valence-electron chi connectivity index (χ0n) is 20.1. The van der Waals surface area contributed by atoms with Gasteiger partial charge in [0.1, 0.15) is 12.4 Å². The highest BCUT2D eigenvalue weighted by molar-refractivity contribution is 5.81. The summed E-state index contributed by atoms with van der Waals surface area (Å²) in [4.78, 5) is 0. The van der Waals surface area contributed by atoms with Crippen LogP contribution < -0.4 is 4.74 Å². The summed E-state index contributed by atoms with van der Waals surface area (Å²) >= 11 is 0. The van der Waals surface area contributed by atoms with Crippen molar-refractivity contribution < 1.29 is 13.5 Å². The van der Waals surface area contributed by atoms with Gasteiger partial charge in [0.15, 0.2) is 0 Å². The molecule has 2 aromatic carbocycles. The molecule has 3 heteroatoms. The number of alkyl halides is 2. The fourth-order valence-corrected chi connectivity index (χ4v) is 3.33. The average molecular weight is 427 g/mol. The van der Waals surface area contributed by atoms with E-state index in [1.165, 1.54) is 0 Å². The van der Waals surface area contributed by atoms with Crippen molar-refractivity contribution in [3.63, 3.8) is 0 Å². The van der Waals surface area contributed by atoms with Crippen molar-refractivity contribution in [3.8, 4) is 16.9 Å². The molecule has 1 nitrogen and oxygen atoms in total. The lowest BCUT2D eigenvalue weighted by molar-refractivity contribution is 0.0812. The number of ether oxygens (including phenoxy) is 1. The fraction of sp³-hybridized carbons (Fsp3) is 0.429. The number of allylic oxidation sites excluding steroid dienone is 3. The molecule has 2 aromatic rings. The Kier molecular flexibility index (Phi) is 7.86. The molecule has 168 valence electrons. The maximum Gasteiger partial charge on any atom is 0.272 e. The molecule has 0 heterocycles. The topological polar surface area (TPSA) is 9.23 Å². The highest BCUT2D eigenvalue weighted by Crippen LogP contribution is 2.44. The average Bonchev–Trinajstić information content (AvgIpc) is 2.68. The summed E-state index contributed by atoms with van der Waals surface area (Å²) in [6.45, 7) is 16.2. The summed E-state index contributed by atoms with van der Waals surface area (Å²) in [5.74, 6) is 0.546. The molecule has 0 spiro atoms. The Balaban J connectivity index is 2.86. The third-order valence-electron chi connectivity index (χ3n) is 5.35. The summed E-state index contributed by atoms with van der Waals surface area (Å²) in [5, 5.41) is 0. The molecule has 0 aromatic heterocycles. The lowest BCUT2D eigenvalue weighted by Crippen LogP contribution is -2.20. The highest BCUT2D eigenvalue weighted by atomic mass is 19.3. The Morgan fingerprint density at radius 2 is 1.61 bits per heavy atom. The predicted octanol–water partition coefficient (Wildman–Crippen LogP) is 8.57. The minimum Gasteiger partial charge on any atom is -0.487 e. The van der Waals surface area contributed by atoms with Gasteiger partial charge in [0.05, 0.1) is 0 Å². The summed E-state index contributed by atoms with van der Waals surface area (Å²) in [7, 11) is 0. The van der Waals surface area contributed by atoms with Crippen molar-refractivity contribution >= 4 is 6.08 Å². The number of hydrogen-bond acceptors (Lipinski definition) is 1. The van der Waals surface area contributed by atoms with Crippen molar-refractivity contribution in [1.82, 2.24) is 0 Å². The van der Waals surface area contributed by atoms with Crippen LogP contribution in [0.5, 0.6) is 5.75 Å². The molecule has 0 aliphatic heterocycles. The van der Waals surface area contributed by atoms with Gasteiger partial charge in [-0.2, -0.15) is 0 Å². The molecule has 0 saturated carbocycles. The molecule has 0 amide bonds. The quantitative estimate of drug-likeness (QED) is 0.420. The second-order valence-electron chi connectivity index (χ2n) is 10.1. The van der Waals surface area contributed by atoms with Gasteiger partial charge in [-0.25, -0.2) is 8.78 Å². The van der Waals surface area contributed by atoms with Crippen molar-refractivity contribution in [2.24, 2.45) is 0 Å². The van der Waals surface area contributed by atoms with Gasteiger partial charge < -0.3 is 4.74 Å². The molecular weight excluding hydrogens is 390 g/mol. The molecule has 0 atom stereocenters. The van der Waals surface area contributed by atoms with Crippen molar-refractivity contribution in [1.29, 1.82) is 0 Å². The van der Waals surface area contributed by atoms with Crippen LogP contribution in [0, 0.1) is 0 Å². The Hall–Kier alpha value is -2.42. The molecule has 0 aliphatic rings. The van der Waals surface area contributed by atoms with Crippen LogP contribution in [0.15, 0.2) is 54.1 Å². The molecule has 0 unspecified atom stereocenters. The molecule has 0 bridgehead atoms. The molecule has 31 heavy (non-hydrogen) atoms. The zero-order chi connectivity index (χ0) is 23.4. The van der Waals surface area contributed by atoms with E-state index < -0.39 is 13.0 Å². The van der Waals surface area contributed by atoms with Gasteiger partial charge >= 0.3 is 0 Å². The SMILES string of the molecule is CC=C(C)C=Cc1ccccc1-c1cc(C(C)(C)C)cc(C(C)(C)C)c1OCC(F)F. The first kappa shape index (κ1) is 24.8. The maximum atomic E-state index is 13.1. The first-order valence-corrected chi connectivity index (χ1v) is 10.8. The van der Waals surface area contributed by atoms with Crippen LogP contribution >= 0.6 is 0 Å². The standard InChI is InChI=1S/C28H36F2O/c1-9-19(2)14-15-20-12-10-11-13-22(20)23-16-21(27(3,4)5)17-24(28(6,7)8)26(23)31-18-25(29)30/h9-17,25H,18H2,1-8H3. The van der Waals surface area contributed by atoms with E-state index in [0.717, 1.165) is 33.4 Å². The van der Waals surface area contributed by atoms with E-state index in [4.69, 9.17) is 4.74 Å². The van der Waals surface area contributed by atoms with Crippen molar-refractivity contribution in [2.45, 2.75) is 72.6 Å². The minimum atomic E-state index is -2.53. The van der Waals surface area contributed by atoms with E-state index in [2.05, 4.69) is 65.8 Å². The number of benzene rings is 2. The van der Waals surface area contributed by atoms with Gasteiger partial charge in [-0.1, -0.05) is 95.7 Å². The van der Waals surface area contributed by atoms with Crippen LogP contribution in [0.3, 0.4) is 0 Å². The molecular formula is C28H36F2O. The van der Waals surface area contributed by atoms with E-state index in [9.17, 15) is 8.78 Å². The smallest absolute Gasteiger partial charge is 0.272 e. The molecule has 0 aliphatic carbocycles. The second-order valence-corrected chi connectivity index (χ2v) is 10.1. The summed E-state index contributed by atoms with van der Waals surface area (Å²) in [5.41, 5.74) is 5.75. The second kappa shape index (κ2) is 9.80. The van der Waals surface area contributed by atoms with E-state index in [1.807, 2.05) is 44.2 Å². The largest absolute Gasteiger partial charge is 0.487 e. The van der Waals surface area contributed by atoms with E-state index in [-0.39, 0.29) is 10.8 Å². The van der Waals surface area contributed by atoms with Crippen LogP contribution in [0.1, 0.15) is 72.1 Å². The van der Waals surface area contributed by atoms with Crippen molar-refractivity contribution in [3.05, 3.63) is 70.8 Å². The molecule has 0 N–H and O–H groups in total. The van der Waals surface area contributed by atoms with Gasteiger partial charge in [0.25, 0.3) is 6.43 Å². The Bertz CT molecular complexity index is 954. The summed E-state index contributed by atoms with van der Waals surface area (Å²) < 4.78 is 32.1. The van der Waals surface area contributed by atoms with E-state index in [0.29, 0.717) is 5.75 Å². The fourth-order valence-electron chi connectivity index (χ4n) is 3.33. The van der Waals surface area contributed by atoms with E-state index >= 15 is 0 Å². The van der Waals surface area contributed by atoms with Crippen LogP contribution in [-0.4, -0.2) is 13.0 Å². The molecule has 0 fully saturated rings. The zero-order valence-corrected chi connectivity index (χ0v) is 20.1. The third kappa shape index (κ3) is 6.53. The van der Waals surface area contributed by atoms with Gasteiger partial charge in [-0.15, -0.1) is 0 Å². The molecule has 0 saturated heterocycles. The maximum absolute atomic E-state index is 13.1. The van der Waals surface area contributed by atoms with Crippen LogP contribution in [-0.2, 0) is 10.8 Å². The van der Waals surface area contributed by atoms with Gasteiger partial charge in [-0.3, -0.25) is 0 Å². The minimum absolute atomic E-state index is 0.0949. The van der Waals surface area contributed by atoms with Crippen LogP contribution in [0.2, 0.25) is 0 Å². The lowest BCUT2D eigenvalue weighted by atomic mass is 9.77. The highest BCUT2D eigenvalue weighted by Gasteiger charge is 2.27. The Morgan fingerprint density at radius 3 is 2.16 bits per heavy atom. The number of rotatable bonds is 6.